The van der Waals surface area contributed by atoms with Gasteiger partial charge in [-0.15, -0.1) is 22.0 Å². The lowest BCUT2D eigenvalue weighted by molar-refractivity contribution is -0.120. The number of amides is 2. The largest absolute Gasteiger partial charge is 0.768 e. The highest BCUT2D eigenvalue weighted by Crippen LogP contribution is 2.20. The number of primary sulfonamides is 1. The topological polar surface area (TPSA) is 222 Å². The van der Waals surface area contributed by atoms with Crippen LogP contribution in [-0.2, 0) is 50.0 Å². The molecule has 0 saturated carbocycles. The summed E-state index contributed by atoms with van der Waals surface area (Å²) in [5.41, 5.74) is 7.20. The third-order valence-electron chi connectivity index (χ3n) is 5.80. The summed E-state index contributed by atoms with van der Waals surface area (Å²) in [6, 6.07) is 11.9. The van der Waals surface area contributed by atoms with E-state index in [4.69, 9.17) is 10.9 Å². The summed E-state index contributed by atoms with van der Waals surface area (Å²) in [4.78, 5) is 24.9. The van der Waals surface area contributed by atoms with Gasteiger partial charge in [0.2, 0.25) is 27.0 Å². The van der Waals surface area contributed by atoms with E-state index in [9.17, 15) is 26.8 Å². The molecule has 0 radical (unpaired) electrons. The van der Waals surface area contributed by atoms with Gasteiger partial charge in [0.05, 0.1) is 23.1 Å². The Labute approximate surface area is 255 Å². The van der Waals surface area contributed by atoms with Crippen LogP contribution in [0, 0.1) is 0 Å². The molecule has 0 saturated heterocycles. The number of unbranched alkanes of at least 4 members (excludes halogenated alkanes) is 1. The second kappa shape index (κ2) is 16.2. The first-order valence-electron chi connectivity index (χ1n) is 12.7. The van der Waals surface area contributed by atoms with Gasteiger partial charge in [0.25, 0.3) is 0 Å². The van der Waals surface area contributed by atoms with Crippen molar-refractivity contribution in [3.8, 4) is 0 Å². The number of sulfonamides is 1. The van der Waals surface area contributed by atoms with Crippen molar-refractivity contribution in [2.45, 2.75) is 59.2 Å². The van der Waals surface area contributed by atoms with Gasteiger partial charge in [0, 0.05) is 11.3 Å². The highest BCUT2D eigenvalue weighted by Gasteiger charge is 2.16. The SMILES string of the molecule is CNC(NC(=O)Cc1ccc(S(=O)[O-])cc1)SC(N)CCCCc1nnc(NC(=O)Cc2ccc(S(N)(=O)=O)cc2)s1. The van der Waals surface area contributed by atoms with Crippen LogP contribution in [0.3, 0.4) is 0 Å². The number of nitrogens with zero attached hydrogens (tertiary/aromatic N) is 2. The number of hydrogen-bond acceptors (Lipinski definition) is 12. The molecule has 0 aliphatic heterocycles. The molecule has 13 nitrogen and oxygen atoms in total. The van der Waals surface area contributed by atoms with Gasteiger partial charge in [0.15, 0.2) is 0 Å². The summed E-state index contributed by atoms with van der Waals surface area (Å²) in [6.45, 7) is 0. The smallest absolute Gasteiger partial charge is 0.238 e. The molecule has 3 rings (SSSR count). The number of aryl methyl sites for hydroxylation is 1. The molecule has 2 amide bonds. The average molecular weight is 655 g/mol. The number of benzene rings is 2. The Morgan fingerprint density at radius 1 is 1.02 bits per heavy atom. The predicted octanol–water partition coefficient (Wildman–Crippen LogP) is 1.20. The lowest BCUT2D eigenvalue weighted by atomic mass is 10.1. The van der Waals surface area contributed by atoms with Crippen molar-refractivity contribution in [3.63, 3.8) is 0 Å². The van der Waals surface area contributed by atoms with Crippen LogP contribution in [0.15, 0.2) is 58.3 Å². The van der Waals surface area contributed by atoms with Crippen LogP contribution < -0.4 is 26.8 Å². The van der Waals surface area contributed by atoms with Gasteiger partial charge in [-0.25, -0.2) is 13.6 Å². The van der Waals surface area contributed by atoms with E-state index in [1.54, 1.807) is 19.2 Å². The molecule has 0 bridgehead atoms. The zero-order chi connectivity index (χ0) is 30.7. The van der Waals surface area contributed by atoms with Gasteiger partial charge < -0.3 is 20.9 Å². The average Bonchev–Trinajstić information content (AvgIpc) is 3.37. The zero-order valence-electron chi connectivity index (χ0n) is 22.6. The zero-order valence-corrected chi connectivity index (χ0v) is 25.9. The van der Waals surface area contributed by atoms with Gasteiger partial charge >= 0.3 is 0 Å². The van der Waals surface area contributed by atoms with Gasteiger partial charge in [-0.05, 0) is 66.4 Å². The highest BCUT2D eigenvalue weighted by atomic mass is 32.2. The maximum absolute atomic E-state index is 12.4. The van der Waals surface area contributed by atoms with Gasteiger partial charge in [-0.1, -0.05) is 42.0 Å². The first kappa shape index (κ1) is 33.7. The molecular weight excluding hydrogens is 623 g/mol. The Morgan fingerprint density at radius 3 is 2.24 bits per heavy atom. The molecule has 3 atom stereocenters. The van der Waals surface area contributed by atoms with Crippen LogP contribution >= 0.6 is 23.1 Å². The molecule has 42 heavy (non-hydrogen) atoms. The number of aromatic nitrogens is 2. The van der Waals surface area contributed by atoms with E-state index in [0.717, 1.165) is 17.8 Å². The minimum absolute atomic E-state index is 0.0215. The van der Waals surface area contributed by atoms with Crippen molar-refractivity contribution in [1.29, 1.82) is 0 Å². The number of rotatable bonds is 16. The number of nitrogens with one attached hydrogen (secondary N) is 3. The molecule has 3 aromatic rings. The fourth-order valence-electron chi connectivity index (χ4n) is 3.69. The number of thioether (sulfide) groups is 1. The number of hydrogen-bond donors (Lipinski definition) is 5. The number of carbonyl (C=O) groups is 2. The van der Waals surface area contributed by atoms with Crippen molar-refractivity contribution >= 4 is 61.1 Å². The van der Waals surface area contributed by atoms with Crippen LogP contribution in [0.25, 0.3) is 0 Å². The quantitative estimate of drug-likeness (QED) is 0.0838. The van der Waals surface area contributed by atoms with Crippen molar-refractivity contribution in [1.82, 2.24) is 20.8 Å². The van der Waals surface area contributed by atoms with Crippen molar-refractivity contribution in [3.05, 3.63) is 64.7 Å². The summed E-state index contributed by atoms with van der Waals surface area (Å²) < 4.78 is 44.6. The van der Waals surface area contributed by atoms with E-state index in [2.05, 4.69) is 26.1 Å². The third-order valence-corrected chi connectivity index (χ3v) is 9.50. The van der Waals surface area contributed by atoms with E-state index in [-0.39, 0.29) is 45.3 Å². The Hall–Kier alpha value is -2.77. The lowest BCUT2D eigenvalue weighted by Gasteiger charge is -2.21. The van der Waals surface area contributed by atoms with Crippen molar-refractivity contribution in [2.24, 2.45) is 10.9 Å². The van der Waals surface area contributed by atoms with Gasteiger partial charge in [-0.2, -0.15) is 0 Å². The molecule has 0 aliphatic carbocycles. The number of anilines is 1. The van der Waals surface area contributed by atoms with Crippen molar-refractivity contribution < 1.29 is 26.8 Å². The lowest BCUT2D eigenvalue weighted by Crippen LogP contribution is -2.44. The minimum atomic E-state index is -3.79. The van der Waals surface area contributed by atoms with Crippen LogP contribution in [0.4, 0.5) is 5.13 Å². The molecule has 0 aliphatic rings. The first-order valence-corrected chi connectivity index (χ1v) is 17.1. The molecular formula is C25H32N7O6S4-. The second-order valence-corrected chi connectivity index (χ2v) is 14.0. The van der Waals surface area contributed by atoms with E-state index >= 15 is 0 Å². The Bertz CT molecular complexity index is 1470. The van der Waals surface area contributed by atoms with Crippen LogP contribution in [-0.4, -0.2) is 57.1 Å². The van der Waals surface area contributed by atoms with E-state index in [0.29, 0.717) is 29.1 Å². The van der Waals surface area contributed by atoms with Crippen molar-refractivity contribution in [2.75, 3.05) is 12.4 Å². The molecule has 0 fully saturated rings. The van der Waals surface area contributed by atoms with E-state index in [1.807, 2.05) is 0 Å². The fourth-order valence-corrected chi connectivity index (χ4v) is 6.35. The number of carbonyl (C=O) groups excluding carboxylic acids is 2. The molecule has 2 aromatic carbocycles. The molecule has 228 valence electrons. The second-order valence-electron chi connectivity index (χ2n) is 9.13. The van der Waals surface area contributed by atoms with E-state index < -0.39 is 21.1 Å². The Morgan fingerprint density at radius 2 is 1.64 bits per heavy atom. The summed E-state index contributed by atoms with van der Waals surface area (Å²) in [6.07, 6.45) is 3.17. The maximum atomic E-state index is 12.4. The van der Waals surface area contributed by atoms with Crippen LogP contribution in [0.1, 0.15) is 35.4 Å². The molecule has 0 spiro atoms. The Balaban J connectivity index is 1.34. The summed E-state index contributed by atoms with van der Waals surface area (Å²) in [7, 11) is -2.07. The molecule has 1 aromatic heterocycles. The van der Waals surface area contributed by atoms with Gasteiger partial charge in [-0.3, -0.25) is 19.1 Å². The van der Waals surface area contributed by atoms with Crippen LogP contribution in [0.5, 0.6) is 0 Å². The normalized spacial score (nSPS) is 13.7. The Kier molecular flexibility index (Phi) is 13.0. The van der Waals surface area contributed by atoms with Crippen LogP contribution in [0.2, 0.25) is 0 Å². The standard InChI is InChI=1S/C25H33N7O6S4/c1-28-24(29-21(33)14-16-6-10-18(11-7-16)41(35)36)39-20(26)4-2-3-5-23-31-32-25(40-23)30-22(34)15-17-8-12-19(13-9-17)42(27,37)38/h6-13,20,24,28H,2-5,14-15,26H2,1H3,(H,29,33)(H,35,36)(H2,27,37,38)(H,30,32,34)/p-1. The molecule has 1 heterocycles. The predicted molar refractivity (Wildman–Crippen MR) is 162 cm³/mol. The van der Waals surface area contributed by atoms with Gasteiger partial charge in [0.1, 0.15) is 10.5 Å². The molecule has 3 unspecified atom stereocenters. The summed E-state index contributed by atoms with van der Waals surface area (Å²) in [5, 5.41) is 22.8. The first-order chi connectivity index (χ1) is 19.9. The third kappa shape index (κ3) is 11.5. The molecule has 7 N–H and O–H groups in total. The monoisotopic (exact) mass is 654 g/mol. The highest BCUT2D eigenvalue weighted by molar-refractivity contribution is 8.00. The summed E-state index contributed by atoms with van der Waals surface area (Å²) >= 11 is 0.372. The maximum Gasteiger partial charge on any atom is 0.238 e. The number of nitrogens with two attached hydrogens (primary N) is 2. The van der Waals surface area contributed by atoms with E-state index in [1.165, 1.54) is 59.5 Å². The summed E-state index contributed by atoms with van der Waals surface area (Å²) in [5.74, 6) is -0.519. The minimum Gasteiger partial charge on any atom is -0.768 e. The fraction of sp³-hybridized carbons (Fsp3) is 0.360. The molecule has 17 heteroatoms.